The summed E-state index contributed by atoms with van der Waals surface area (Å²) in [5.74, 6) is 0. The quantitative estimate of drug-likeness (QED) is 0.648. The fraction of sp³-hybridized carbons (Fsp3) is 0.273. The maximum Gasteiger partial charge on any atom is 0.0582 e. The van der Waals surface area contributed by atoms with Crippen molar-refractivity contribution >= 4 is 17.4 Å². The largest absolute Gasteiger partial charge is 0.373 e. The third-order valence-electron chi connectivity index (χ3n) is 2.43. The molecule has 0 bridgehead atoms. The van der Waals surface area contributed by atoms with Crippen LogP contribution in [0.3, 0.4) is 0 Å². The Bertz CT molecular complexity index is 338. The molecule has 1 nitrogen and oxygen atoms in total. The van der Waals surface area contributed by atoms with Gasteiger partial charge in [0, 0.05) is 18.1 Å². The van der Waals surface area contributed by atoms with Crippen LogP contribution in [-0.4, -0.2) is 11.9 Å². The topological polar surface area (TPSA) is 3.24 Å². The highest BCUT2D eigenvalue weighted by molar-refractivity contribution is 7.11. The molecular formula is C11H13NS. The molecule has 1 aliphatic rings. The summed E-state index contributed by atoms with van der Waals surface area (Å²) in [6.45, 7) is 3.80. The van der Waals surface area contributed by atoms with Crippen molar-refractivity contribution in [2.75, 3.05) is 7.05 Å². The van der Waals surface area contributed by atoms with Crippen LogP contribution in [0.4, 0.5) is 0 Å². The van der Waals surface area contributed by atoms with E-state index in [9.17, 15) is 0 Å². The molecule has 1 aliphatic heterocycles. The molecule has 0 aromatic carbocycles. The van der Waals surface area contributed by atoms with E-state index in [-0.39, 0.29) is 0 Å². The molecule has 1 aromatic rings. The predicted molar refractivity (Wildman–Crippen MR) is 58.7 cm³/mol. The van der Waals surface area contributed by atoms with Crippen LogP contribution < -0.4 is 0 Å². The summed E-state index contributed by atoms with van der Waals surface area (Å²) in [6.07, 6.45) is 7.33. The minimum absolute atomic E-state index is 0.490. The Morgan fingerprint density at radius 1 is 1.69 bits per heavy atom. The maximum atomic E-state index is 3.80. The van der Waals surface area contributed by atoms with Gasteiger partial charge in [-0.1, -0.05) is 6.08 Å². The molecule has 1 atom stereocenters. The van der Waals surface area contributed by atoms with Crippen molar-refractivity contribution < 1.29 is 0 Å². The van der Waals surface area contributed by atoms with E-state index in [2.05, 4.69) is 42.2 Å². The van der Waals surface area contributed by atoms with Gasteiger partial charge in [0.05, 0.1) is 6.04 Å². The summed E-state index contributed by atoms with van der Waals surface area (Å²) in [5, 5.41) is 2.16. The summed E-state index contributed by atoms with van der Waals surface area (Å²) < 4.78 is 0. The Hall–Kier alpha value is -1.02. The van der Waals surface area contributed by atoms with Crippen molar-refractivity contribution in [1.29, 1.82) is 0 Å². The first kappa shape index (κ1) is 8.57. The van der Waals surface area contributed by atoms with E-state index in [1.165, 1.54) is 10.4 Å². The Labute approximate surface area is 83.0 Å². The molecule has 0 N–H and O–H groups in total. The van der Waals surface area contributed by atoms with Crippen molar-refractivity contribution in [3.63, 3.8) is 0 Å². The first-order chi connectivity index (χ1) is 6.33. The van der Waals surface area contributed by atoms with Gasteiger partial charge in [-0.2, -0.15) is 0 Å². The second-order valence-electron chi connectivity index (χ2n) is 3.26. The minimum Gasteiger partial charge on any atom is -0.373 e. The molecule has 13 heavy (non-hydrogen) atoms. The van der Waals surface area contributed by atoms with Crippen LogP contribution in [0, 0.1) is 0 Å². The SMILES string of the molecule is C=CCC1c2ccsc2C=CN1C. The van der Waals surface area contributed by atoms with Gasteiger partial charge in [-0.25, -0.2) is 0 Å². The predicted octanol–water partition coefficient (Wildman–Crippen LogP) is 3.28. The Kier molecular flexibility index (Phi) is 2.23. The molecule has 1 unspecified atom stereocenters. The summed E-state index contributed by atoms with van der Waals surface area (Å²) in [6, 6.07) is 2.71. The standard InChI is InChI=1S/C11H13NS/c1-3-4-10-9-6-8-13-11(9)5-7-12(10)2/h3,5-8,10H,1,4H2,2H3. The highest BCUT2D eigenvalue weighted by Gasteiger charge is 2.19. The maximum absolute atomic E-state index is 3.80. The van der Waals surface area contributed by atoms with Crippen molar-refractivity contribution in [2.24, 2.45) is 0 Å². The number of thiophene rings is 1. The van der Waals surface area contributed by atoms with Gasteiger partial charge in [0.1, 0.15) is 0 Å². The average Bonchev–Trinajstić information content (AvgIpc) is 2.58. The van der Waals surface area contributed by atoms with Crippen LogP contribution in [0.5, 0.6) is 0 Å². The van der Waals surface area contributed by atoms with E-state index in [0.717, 1.165) is 6.42 Å². The molecule has 2 heterocycles. The van der Waals surface area contributed by atoms with Crippen molar-refractivity contribution in [2.45, 2.75) is 12.5 Å². The van der Waals surface area contributed by atoms with Gasteiger partial charge in [-0.3, -0.25) is 0 Å². The highest BCUT2D eigenvalue weighted by Crippen LogP contribution is 2.34. The van der Waals surface area contributed by atoms with Gasteiger partial charge in [0.25, 0.3) is 0 Å². The lowest BCUT2D eigenvalue weighted by Crippen LogP contribution is -2.20. The third-order valence-corrected chi connectivity index (χ3v) is 3.33. The zero-order valence-corrected chi connectivity index (χ0v) is 8.55. The number of hydrogen-bond donors (Lipinski definition) is 0. The zero-order valence-electron chi connectivity index (χ0n) is 7.73. The van der Waals surface area contributed by atoms with Gasteiger partial charge in [-0.05, 0) is 29.5 Å². The Morgan fingerprint density at radius 3 is 3.31 bits per heavy atom. The molecule has 0 fully saturated rings. The highest BCUT2D eigenvalue weighted by atomic mass is 32.1. The van der Waals surface area contributed by atoms with E-state index in [1.54, 1.807) is 0 Å². The third kappa shape index (κ3) is 1.42. The molecular weight excluding hydrogens is 178 g/mol. The van der Waals surface area contributed by atoms with Crippen LogP contribution in [0.1, 0.15) is 22.9 Å². The van der Waals surface area contributed by atoms with E-state index >= 15 is 0 Å². The van der Waals surface area contributed by atoms with E-state index in [4.69, 9.17) is 0 Å². The summed E-state index contributed by atoms with van der Waals surface area (Å²) >= 11 is 1.81. The smallest absolute Gasteiger partial charge is 0.0582 e. The Balaban J connectivity index is 2.36. The Morgan fingerprint density at radius 2 is 2.54 bits per heavy atom. The molecule has 0 radical (unpaired) electrons. The van der Waals surface area contributed by atoms with E-state index in [1.807, 2.05) is 17.4 Å². The monoisotopic (exact) mass is 191 g/mol. The van der Waals surface area contributed by atoms with Crippen LogP contribution >= 0.6 is 11.3 Å². The first-order valence-electron chi connectivity index (χ1n) is 4.41. The molecule has 0 saturated carbocycles. The lowest BCUT2D eigenvalue weighted by atomic mass is 10.0. The number of rotatable bonds is 2. The van der Waals surface area contributed by atoms with E-state index in [0.29, 0.717) is 6.04 Å². The molecule has 2 heteroatoms. The van der Waals surface area contributed by atoms with Gasteiger partial charge in [-0.15, -0.1) is 17.9 Å². The van der Waals surface area contributed by atoms with Crippen LogP contribution in [0.15, 0.2) is 30.3 Å². The average molecular weight is 191 g/mol. The number of nitrogens with zero attached hydrogens (tertiary/aromatic N) is 1. The zero-order chi connectivity index (χ0) is 9.26. The van der Waals surface area contributed by atoms with Crippen LogP contribution in [0.2, 0.25) is 0 Å². The molecule has 1 aromatic heterocycles. The van der Waals surface area contributed by atoms with Crippen LogP contribution in [0.25, 0.3) is 6.08 Å². The number of hydrogen-bond acceptors (Lipinski definition) is 2. The van der Waals surface area contributed by atoms with Gasteiger partial charge < -0.3 is 4.90 Å². The lowest BCUT2D eigenvalue weighted by molar-refractivity contribution is 0.337. The molecule has 0 saturated heterocycles. The van der Waals surface area contributed by atoms with Crippen molar-refractivity contribution in [1.82, 2.24) is 4.90 Å². The second kappa shape index (κ2) is 3.38. The normalized spacial score (nSPS) is 20.1. The van der Waals surface area contributed by atoms with Gasteiger partial charge in [0.15, 0.2) is 0 Å². The molecule has 0 amide bonds. The van der Waals surface area contributed by atoms with Gasteiger partial charge >= 0.3 is 0 Å². The lowest BCUT2D eigenvalue weighted by Gasteiger charge is -2.29. The molecule has 68 valence electrons. The molecule has 0 aliphatic carbocycles. The molecule has 0 spiro atoms. The number of fused-ring (bicyclic) bond motifs is 1. The van der Waals surface area contributed by atoms with Crippen molar-refractivity contribution in [3.8, 4) is 0 Å². The van der Waals surface area contributed by atoms with Crippen molar-refractivity contribution in [3.05, 3.63) is 40.7 Å². The summed E-state index contributed by atoms with van der Waals surface area (Å²) in [7, 11) is 2.12. The van der Waals surface area contributed by atoms with Crippen LogP contribution in [-0.2, 0) is 0 Å². The van der Waals surface area contributed by atoms with E-state index < -0.39 is 0 Å². The first-order valence-corrected chi connectivity index (χ1v) is 5.29. The molecule has 2 rings (SSSR count). The summed E-state index contributed by atoms with van der Waals surface area (Å²) in [5.41, 5.74) is 1.44. The fourth-order valence-corrected chi connectivity index (χ4v) is 2.54. The van der Waals surface area contributed by atoms with Gasteiger partial charge in [0.2, 0.25) is 0 Å². The second-order valence-corrected chi connectivity index (χ2v) is 4.21. The fourth-order valence-electron chi connectivity index (χ4n) is 1.70. The minimum atomic E-state index is 0.490. The summed E-state index contributed by atoms with van der Waals surface area (Å²) in [4.78, 5) is 3.64.